The standard InChI is InChI=1S/C16H24N2O4S/c1-22-13-10-17-16(19)9-6-14-4-7-15(8-5-14)23(20,21)18-11-2-3-12-18/h4-5,7-8H,2-3,6,9-13H2,1H3,(H,17,19). The summed E-state index contributed by atoms with van der Waals surface area (Å²) in [6, 6.07) is 6.83. The summed E-state index contributed by atoms with van der Waals surface area (Å²) in [5.74, 6) is -0.0317. The van der Waals surface area contributed by atoms with E-state index in [1.165, 1.54) is 4.31 Å². The molecule has 0 radical (unpaired) electrons. The van der Waals surface area contributed by atoms with E-state index in [2.05, 4.69) is 5.32 Å². The Labute approximate surface area is 137 Å². The van der Waals surface area contributed by atoms with Gasteiger partial charge in [0.25, 0.3) is 0 Å². The van der Waals surface area contributed by atoms with Gasteiger partial charge in [-0.15, -0.1) is 0 Å². The lowest BCUT2D eigenvalue weighted by Gasteiger charge is -2.15. The van der Waals surface area contributed by atoms with Crippen LogP contribution in [0.4, 0.5) is 0 Å². The minimum absolute atomic E-state index is 0.0317. The number of carbonyl (C=O) groups is 1. The first-order chi connectivity index (χ1) is 11.0. The minimum atomic E-state index is -3.36. The van der Waals surface area contributed by atoms with Gasteiger partial charge in [0.1, 0.15) is 0 Å². The maximum Gasteiger partial charge on any atom is 0.243 e. The van der Waals surface area contributed by atoms with Crippen LogP contribution in [0.1, 0.15) is 24.8 Å². The summed E-state index contributed by atoms with van der Waals surface area (Å²) in [6.45, 7) is 2.20. The second-order valence-corrected chi connectivity index (χ2v) is 7.54. The third-order valence-electron chi connectivity index (χ3n) is 3.90. The topological polar surface area (TPSA) is 75.7 Å². The number of benzene rings is 1. The van der Waals surface area contributed by atoms with Crippen molar-refractivity contribution in [3.8, 4) is 0 Å². The number of nitrogens with zero attached hydrogens (tertiary/aromatic N) is 1. The molecule has 0 atom stereocenters. The van der Waals surface area contributed by atoms with Crippen LogP contribution in [-0.4, -0.2) is 52.0 Å². The van der Waals surface area contributed by atoms with E-state index in [9.17, 15) is 13.2 Å². The number of ether oxygens (including phenoxy) is 1. The Morgan fingerprint density at radius 2 is 1.87 bits per heavy atom. The van der Waals surface area contributed by atoms with E-state index in [4.69, 9.17) is 4.74 Å². The summed E-state index contributed by atoms with van der Waals surface area (Å²) in [4.78, 5) is 11.9. The molecule has 7 heteroatoms. The van der Waals surface area contributed by atoms with E-state index < -0.39 is 10.0 Å². The highest BCUT2D eigenvalue weighted by Gasteiger charge is 2.26. The molecule has 1 amide bonds. The lowest BCUT2D eigenvalue weighted by molar-refractivity contribution is -0.121. The number of rotatable bonds is 8. The first-order valence-corrected chi connectivity index (χ1v) is 9.33. The van der Waals surface area contributed by atoms with Gasteiger partial charge in [-0.05, 0) is 37.0 Å². The lowest BCUT2D eigenvalue weighted by atomic mass is 10.1. The maximum absolute atomic E-state index is 12.4. The molecule has 1 N–H and O–H groups in total. The average molecular weight is 340 g/mol. The first kappa shape index (κ1) is 17.9. The molecule has 1 aromatic carbocycles. The Kier molecular flexibility index (Phi) is 6.56. The Hall–Kier alpha value is -1.44. The van der Waals surface area contributed by atoms with Crippen molar-refractivity contribution in [1.29, 1.82) is 0 Å². The highest BCUT2D eigenvalue weighted by atomic mass is 32.2. The number of carbonyl (C=O) groups excluding carboxylic acids is 1. The number of nitrogens with one attached hydrogen (secondary N) is 1. The van der Waals surface area contributed by atoms with E-state index in [0.29, 0.717) is 44.0 Å². The molecule has 1 fully saturated rings. The van der Waals surface area contributed by atoms with E-state index in [1.54, 1.807) is 31.4 Å². The predicted molar refractivity (Wildman–Crippen MR) is 87.6 cm³/mol. The molecule has 0 unspecified atom stereocenters. The summed E-state index contributed by atoms with van der Waals surface area (Å²) < 4.78 is 31.2. The van der Waals surface area contributed by atoms with Gasteiger partial charge in [0.2, 0.25) is 15.9 Å². The molecular weight excluding hydrogens is 316 g/mol. The molecule has 1 aliphatic heterocycles. The summed E-state index contributed by atoms with van der Waals surface area (Å²) >= 11 is 0. The van der Waals surface area contributed by atoms with E-state index in [1.807, 2.05) is 0 Å². The van der Waals surface area contributed by atoms with Gasteiger partial charge in [0.05, 0.1) is 11.5 Å². The summed E-state index contributed by atoms with van der Waals surface area (Å²) in [6.07, 6.45) is 2.82. The van der Waals surface area contributed by atoms with Crippen LogP contribution in [0.25, 0.3) is 0 Å². The SMILES string of the molecule is COCCNC(=O)CCc1ccc(S(=O)(=O)N2CCCC2)cc1. The smallest absolute Gasteiger partial charge is 0.243 e. The third-order valence-corrected chi connectivity index (χ3v) is 5.81. The van der Waals surface area contributed by atoms with Gasteiger partial charge >= 0.3 is 0 Å². The Morgan fingerprint density at radius 3 is 2.48 bits per heavy atom. The van der Waals surface area contributed by atoms with Gasteiger partial charge in [-0.3, -0.25) is 4.79 Å². The number of methoxy groups -OCH3 is 1. The number of hydrogen-bond acceptors (Lipinski definition) is 4. The zero-order chi connectivity index (χ0) is 16.7. The molecule has 2 rings (SSSR count). The zero-order valence-corrected chi connectivity index (χ0v) is 14.3. The number of amides is 1. The predicted octanol–water partition coefficient (Wildman–Crippen LogP) is 1.17. The van der Waals surface area contributed by atoms with Gasteiger partial charge in [0, 0.05) is 33.2 Å². The van der Waals surface area contributed by atoms with Crippen LogP contribution in [0, 0.1) is 0 Å². The second kappa shape index (κ2) is 8.42. The molecule has 0 bridgehead atoms. The van der Waals surface area contributed by atoms with E-state index in [-0.39, 0.29) is 5.91 Å². The fraction of sp³-hybridized carbons (Fsp3) is 0.562. The fourth-order valence-corrected chi connectivity index (χ4v) is 4.06. The minimum Gasteiger partial charge on any atom is -0.383 e. The molecule has 6 nitrogen and oxygen atoms in total. The van der Waals surface area contributed by atoms with Gasteiger partial charge in [-0.2, -0.15) is 4.31 Å². The van der Waals surface area contributed by atoms with Crippen molar-refractivity contribution in [2.75, 3.05) is 33.4 Å². The molecule has 0 saturated carbocycles. The molecule has 128 valence electrons. The molecule has 0 aliphatic carbocycles. The molecule has 0 spiro atoms. The van der Waals surface area contributed by atoms with Crippen molar-refractivity contribution in [2.45, 2.75) is 30.6 Å². The third kappa shape index (κ3) is 5.02. The van der Waals surface area contributed by atoms with E-state index >= 15 is 0 Å². The van der Waals surface area contributed by atoms with Crippen LogP contribution in [0.2, 0.25) is 0 Å². The van der Waals surface area contributed by atoms with Crippen LogP contribution in [0.15, 0.2) is 29.2 Å². The Morgan fingerprint density at radius 1 is 1.22 bits per heavy atom. The zero-order valence-electron chi connectivity index (χ0n) is 13.5. The van der Waals surface area contributed by atoms with Crippen molar-refractivity contribution in [3.63, 3.8) is 0 Å². The van der Waals surface area contributed by atoms with Crippen molar-refractivity contribution in [2.24, 2.45) is 0 Å². The summed E-state index contributed by atoms with van der Waals surface area (Å²) in [5.41, 5.74) is 0.951. The molecule has 1 aliphatic rings. The Bertz CT molecular complexity index is 607. The van der Waals surface area contributed by atoms with Crippen molar-refractivity contribution in [1.82, 2.24) is 9.62 Å². The number of hydrogen-bond donors (Lipinski definition) is 1. The summed E-state index contributed by atoms with van der Waals surface area (Å²) in [5, 5.41) is 2.76. The molecule has 23 heavy (non-hydrogen) atoms. The molecule has 1 aromatic rings. The fourth-order valence-electron chi connectivity index (χ4n) is 2.54. The largest absolute Gasteiger partial charge is 0.383 e. The van der Waals surface area contributed by atoms with Crippen LogP contribution < -0.4 is 5.32 Å². The van der Waals surface area contributed by atoms with Gasteiger partial charge in [0.15, 0.2) is 0 Å². The summed E-state index contributed by atoms with van der Waals surface area (Å²) in [7, 11) is -1.77. The monoisotopic (exact) mass is 340 g/mol. The van der Waals surface area contributed by atoms with Gasteiger partial charge < -0.3 is 10.1 Å². The normalized spacial score (nSPS) is 15.7. The molecule has 0 aromatic heterocycles. The average Bonchev–Trinajstić information content (AvgIpc) is 3.09. The highest BCUT2D eigenvalue weighted by molar-refractivity contribution is 7.89. The van der Waals surface area contributed by atoms with E-state index in [0.717, 1.165) is 18.4 Å². The lowest BCUT2D eigenvalue weighted by Crippen LogP contribution is -2.28. The van der Waals surface area contributed by atoms with Crippen molar-refractivity contribution in [3.05, 3.63) is 29.8 Å². The van der Waals surface area contributed by atoms with Gasteiger partial charge in [-0.25, -0.2) is 8.42 Å². The Balaban J connectivity index is 1.88. The van der Waals surface area contributed by atoms with Crippen LogP contribution in [0.5, 0.6) is 0 Å². The van der Waals surface area contributed by atoms with Gasteiger partial charge in [-0.1, -0.05) is 12.1 Å². The first-order valence-electron chi connectivity index (χ1n) is 7.89. The maximum atomic E-state index is 12.4. The molecule has 1 heterocycles. The highest BCUT2D eigenvalue weighted by Crippen LogP contribution is 2.21. The second-order valence-electron chi connectivity index (χ2n) is 5.60. The van der Waals surface area contributed by atoms with Crippen LogP contribution in [-0.2, 0) is 26.0 Å². The van der Waals surface area contributed by atoms with Crippen molar-refractivity contribution < 1.29 is 17.9 Å². The number of sulfonamides is 1. The molecule has 1 saturated heterocycles. The van der Waals surface area contributed by atoms with Crippen molar-refractivity contribution >= 4 is 15.9 Å². The number of aryl methyl sites for hydroxylation is 1. The molecular formula is C16H24N2O4S. The van der Waals surface area contributed by atoms with Crippen LogP contribution >= 0.6 is 0 Å². The van der Waals surface area contributed by atoms with Crippen LogP contribution in [0.3, 0.4) is 0 Å². The quantitative estimate of drug-likeness (QED) is 0.721.